The minimum Gasteiger partial charge on any atom is -0.493 e. The Labute approximate surface area is 173 Å². The highest BCUT2D eigenvalue weighted by Crippen LogP contribution is 2.35. The first-order valence-corrected chi connectivity index (χ1v) is 9.85. The van der Waals surface area contributed by atoms with Crippen LogP contribution in [0.3, 0.4) is 0 Å². The van der Waals surface area contributed by atoms with E-state index in [1.807, 2.05) is 58.9 Å². The third-order valence-corrected chi connectivity index (χ3v) is 5.41. The van der Waals surface area contributed by atoms with Gasteiger partial charge in [0.05, 0.1) is 26.5 Å². The molecule has 4 aromatic rings. The number of ether oxygens (including phenoxy) is 2. The third-order valence-electron chi connectivity index (χ3n) is 4.54. The van der Waals surface area contributed by atoms with Crippen LogP contribution in [-0.2, 0) is 0 Å². The molecule has 2 heterocycles. The van der Waals surface area contributed by atoms with Gasteiger partial charge in [-0.25, -0.2) is 9.97 Å². The number of aromatic nitrogens is 2. The van der Waals surface area contributed by atoms with E-state index in [2.05, 4.69) is 17.0 Å². The molecule has 2 aromatic carbocycles. The molecule has 0 unspecified atom stereocenters. The van der Waals surface area contributed by atoms with Crippen molar-refractivity contribution in [3.05, 3.63) is 60.1 Å². The maximum atomic E-state index is 5.63. The minimum absolute atomic E-state index is 0.379. The highest BCUT2D eigenvalue weighted by molar-refractivity contribution is 7.14. The van der Waals surface area contributed by atoms with Crippen molar-refractivity contribution < 1.29 is 9.47 Å². The highest BCUT2D eigenvalue weighted by atomic mass is 32.1. The summed E-state index contributed by atoms with van der Waals surface area (Å²) in [4.78, 5) is 11.3. The molecule has 6 heteroatoms. The molecule has 0 N–H and O–H groups in total. The van der Waals surface area contributed by atoms with Crippen molar-refractivity contribution in [2.75, 3.05) is 25.7 Å². The summed E-state index contributed by atoms with van der Waals surface area (Å²) in [6.07, 6.45) is 7.49. The molecule has 0 aliphatic heterocycles. The van der Waals surface area contributed by atoms with E-state index in [1.165, 1.54) is 11.3 Å². The van der Waals surface area contributed by atoms with Gasteiger partial charge in [-0.2, -0.15) is 0 Å². The zero-order valence-corrected chi connectivity index (χ0v) is 16.9. The number of fused-ring (bicyclic) bond motifs is 1. The third kappa shape index (κ3) is 3.73. The van der Waals surface area contributed by atoms with Crippen molar-refractivity contribution in [1.29, 1.82) is 0 Å². The smallest absolute Gasteiger partial charge is 0.192 e. The molecule has 2 aromatic heterocycles. The van der Waals surface area contributed by atoms with E-state index in [4.69, 9.17) is 20.9 Å². The Morgan fingerprint density at radius 3 is 2.59 bits per heavy atom. The molecule has 0 amide bonds. The molecule has 0 saturated carbocycles. The molecule has 0 bridgehead atoms. The number of anilines is 2. The molecule has 0 aliphatic carbocycles. The van der Waals surface area contributed by atoms with Crippen molar-refractivity contribution in [3.63, 3.8) is 0 Å². The van der Waals surface area contributed by atoms with Gasteiger partial charge in [0.2, 0.25) is 0 Å². The Balaban J connectivity index is 1.71. The van der Waals surface area contributed by atoms with Crippen LogP contribution in [-0.4, -0.2) is 30.7 Å². The summed E-state index contributed by atoms with van der Waals surface area (Å²) >= 11 is 1.52. The summed E-state index contributed by atoms with van der Waals surface area (Å²) < 4.78 is 10.7. The highest BCUT2D eigenvalue weighted by Gasteiger charge is 2.16. The summed E-state index contributed by atoms with van der Waals surface area (Å²) in [5.41, 5.74) is 1.78. The normalized spacial score (nSPS) is 10.5. The van der Waals surface area contributed by atoms with Crippen molar-refractivity contribution in [2.24, 2.45) is 0 Å². The largest absolute Gasteiger partial charge is 0.493 e. The van der Waals surface area contributed by atoms with Crippen LogP contribution in [0.15, 0.2) is 60.1 Å². The summed E-state index contributed by atoms with van der Waals surface area (Å²) in [5, 5.41) is 4.98. The lowest BCUT2D eigenvalue weighted by Gasteiger charge is -2.18. The van der Waals surface area contributed by atoms with E-state index in [1.54, 1.807) is 14.2 Å². The average molecular weight is 401 g/mol. The fourth-order valence-corrected chi connectivity index (χ4v) is 3.92. The van der Waals surface area contributed by atoms with E-state index >= 15 is 0 Å². The van der Waals surface area contributed by atoms with Crippen molar-refractivity contribution >= 4 is 33.1 Å². The number of hydrogen-bond donors (Lipinski definition) is 0. The molecule has 4 rings (SSSR count). The fourth-order valence-electron chi connectivity index (χ4n) is 3.07. The molecule has 0 saturated heterocycles. The Hall–Kier alpha value is -3.56. The summed E-state index contributed by atoms with van der Waals surface area (Å²) in [5.74, 6) is 4.83. The number of thiazole rings is 1. The molecular formula is C23H19N3O2S. The van der Waals surface area contributed by atoms with Gasteiger partial charge < -0.3 is 9.47 Å². The predicted octanol–water partition coefficient (Wildman–Crippen LogP) is 5.15. The van der Waals surface area contributed by atoms with E-state index in [9.17, 15) is 0 Å². The Morgan fingerprint density at radius 2 is 1.83 bits per heavy atom. The van der Waals surface area contributed by atoms with Gasteiger partial charge in [0.1, 0.15) is 5.82 Å². The lowest BCUT2D eigenvalue weighted by Crippen LogP contribution is -2.18. The molecule has 0 radical (unpaired) electrons. The van der Waals surface area contributed by atoms with Crippen LogP contribution < -0.4 is 14.4 Å². The number of nitrogens with zero attached hydrogens (tertiary/aromatic N) is 3. The van der Waals surface area contributed by atoms with E-state index in [0.29, 0.717) is 18.0 Å². The fraction of sp³-hybridized carbons (Fsp3) is 0.130. The van der Waals surface area contributed by atoms with Gasteiger partial charge in [-0.1, -0.05) is 30.2 Å². The van der Waals surface area contributed by atoms with E-state index < -0.39 is 0 Å². The van der Waals surface area contributed by atoms with Crippen molar-refractivity contribution in [1.82, 2.24) is 9.97 Å². The first-order chi connectivity index (χ1) is 14.2. The molecule has 144 valence electrons. The van der Waals surface area contributed by atoms with Gasteiger partial charge >= 0.3 is 0 Å². The van der Waals surface area contributed by atoms with Gasteiger partial charge in [0, 0.05) is 22.5 Å². The van der Waals surface area contributed by atoms with E-state index in [0.717, 1.165) is 33.0 Å². The molecule has 0 aliphatic rings. The monoisotopic (exact) mass is 401 g/mol. The number of methoxy groups -OCH3 is 2. The van der Waals surface area contributed by atoms with Gasteiger partial charge in [-0.05, 0) is 29.7 Å². The number of benzene rings is 2. The SMILES string of the molecule is C#CCN(c1cc2ccccc2cn1)c1nc(-c2ccc(OC)c(OC)c2)cs1. The van der Waals surface area contributed by atoms with Crippen LogP contribution in [0.5, 0.6) is 11.5 Å². The quantitative estimate of drug-likeness (QED) is 0.418. The number of hydrogen-bond acceptors (Lipinski definition) is 6. The lowest BCUT2D eigenvalue weighted by atomic mass is 10.1. The van der Waals surface area contributed by atoms with E-state index in [-0.39, 0.29) is 0 Å². The number of rotatable bonds is 6. The van der Waals surface area contributed by atoms with Crippen LogP contribution >= 0.6 is 11.3 Å². The second-order valence-electron chi connectivity index (χ2n) is 6.27. The molecule has 0 fully saturated rings. The zero-order valence-electron chi connectivity index (χ0n) is 16.1. The van der Waals surface area contributed by atoms with Crippen molar-refractivity contribution in [3.8, 4) is 35.1 Å². The predicted molar refractivity (Wildman–Crippen MR) is 118 cm³/mol. The van der Waals surface area contributed by atoms with Crippen molar-refractivity contribution in [2.45, 2.75) is 0 Å². The number of pyridine rings is 1. The maximum absolute atomic E-state index is 5.63. The molecule has 5 nitrogen and oxygen atoms in total. The topological polar surface area (TPSA) is 47.5 Å². The van der Waals surface area contributed by atoms with Crippen LogP contribution in [0.25, 0.3) is 22.0 Å². The van der Waals surface area contributed by atoms with Gasteiger partial charge in [-0.15, -0.1) is 17.8 Å². The maximum Gasteiger partial charge on any atom is 0.192 e. The average Bonchev–Trinajstić information content (AvgIpc) is 3.26. The second-order valence-corrected chi connectivity index (χ2v) is 7.10. The standard InChI is InChI=1S/C23H19N3O2S/c1-4-11-26(22-13-16-7-5-6-8-18(16)14-24-22)23-25-19(15-29-23)17-9-10-20(27-2)21(12-17)28-3/h1,5-10,12-15H,11H2,2-3H3. The number of terminal acetylenes is 1. The Bertz CT molecular complexity index is 1200. The summed E-state index contributed by atoms with van der Waals surface area (Å²) in [6, 6.07) is 15.9. The second kappa shape index (κ2) is 8.21. The van der Waals surface area contributed by atoms with Crippen LogP contribution in [0.2, 0.25) is 0 Å². The van der Waals surface area contributed by atoms with Gasteiger partial charge in [0.15, 0.2) is 16.6 Å². The lowest BCUT2D eigenvalue weighted by molar-refractivity contribution is 0.355. The van der Waals surface area contributed by atoms with Gasteiger partial charge in [-0.3, -0.25) is 4.90 Å². The van der Waals surface area contributed by atoms with Crippen LogP contribution in [0.1, 0.15) is 0 Å². The Morgan fingerprint density at radius 1 is 1.03 bits per heavy atom. The summed E-state index contributed by atoms with van der Waals surface area (Å²) in [7, 11) is 3.24. The summed E-state index contributed by atoms with van der Waals surface area (Å²) in [6.45, 7) is 0.379. The first-order valence-electron chi connectivity index (χ1n) is 8.97. The molecule has 0 spiro atoms. The van der Waals surface area contributed by atoms with Crippen LogP contribution in [0, 0.1) is 12.3 Å². The van der Waals surface area contributed by atoms with Gasteiger partial charge in [0.25, 0.3) is 0 Å². The molecule has 0 atom stereocenters. The zero-order chi connectivity index (χ0) is 20.2. The molecule has 29 heavy (non-hydrogen) atoms. The molecular weight excluding hydrogens is 382 g/mol. The van der Waals surface area contributed by atoms with Crippen LogP contribution in [0.4, 0.5) is 10.9 Å². The first kappa shape index (κ1) is 18.8. The Kier molecular flexibility index (Phi) is 5.32. The minimum atomic E-state index is 0.379.